The Morgan fingerprint density at radius 1 is 1.64 bits per heavy atom. The summed E-state index contributed by atoms with van der Waals surface area (Å²) in [5, 5.41) is 0. The molecule has 0 fully saturated rings. The Labute approximate surface area is 85.6 Å². The number of carbonyl (C=O) groups excluding carboxylic acids is 1. The van der Waals surface area contributed by atoms with E-state index in [1.54, 1.807) is 0 Å². The zero-order valence-electron chi connectivity index (χ0n) is 9.17. The molecule has 2 nitrogen and oxygen atoms in total. The molecular weight excluding hydrogens is 176 g/mol. The van der Waals surface area contributed by atoms with Gasteiger partial charge in [0.25, 0.3) is 0 Å². The second-order valence-electron chi connectivity index (χ2n) is 3.55. The Morgan fingerprint density at radius 3 is 2.93 bits per heavy atom. The summed E-state index contributed by atoms with van der Waals surface area (Å²) in [6, 6.07) is 0. The van der Waals surface area contributed by atoms with Gasteiger partial charge >= 0.3 is 5.97 Å². The van der Waals surface area contributed by atoms with E-state index in [9.17, 15) is 4.79 Å². The maximum Gasteiger partial charge on any atom is 0.313 e. The Morgan fingerprint density at radius 2 is 2.36 bits per heavy atom. The number of hydrogen-bond donors (Lipinski definition) is 0. The molecule has 0 radical (unpaired) electrons. The van der Waals surface area contributed by atoms with E-state index in [4.69, 9.17) is 4.74 Å². The van der Waals surface area contributed by atoms with Gasteiger partial charge in [0.1, 0.15) is 0 Å². The first-order valence-electron chi connectivity index (χ1n) is 5.19. The predicted molar refractivity (Wildman–Crippen MR) is 56.9 cm³/mol. The summed E-state index contributed by atoms with van der Waals surface area (Å²) in [6.07, 6.45) is 6.02. The van der Waals surface area contributed by atoms with Gasteiger partial charge in [-0.15, -0.1) is 0 Å². The fourth-order valence-electron chi connectivity index (χ4n) is 1.89. The predicted octanol–water partition coefficient (Wildman–Crippen LogP) is 2.85. The summed E-state index contributed by atoms with van der Waals surface area (Å²) in [7, 11) is 0. The van der Waals surface area contributed by atoms with E-state index in [0.717, 1.165) is 12.8 Å². The monoisotopic (exact) mass is 194 g/mol. The minimum Gasteiger partial charge on any atom is -0.466 e. The van der Waals surface area contributed by atoms with Crippen molar-refractivity contribution in [2.24, 2.45) is 5.92 Å². The molecule has 0 amide bonds. The van der Waals surface area contributed by atoms with E-state index in [1.165, 1.54) is 11.1 Å². The molecule has 78 valence electrons. The lowest BCUT2D eigenvalue weighted by molar-refractivity contribution is -0.146. The van der Waals surface area contributed by atoms with Gasteiger partial charge in [-0.3, -0.25) is 4.79 Å². The summed E-state index contributed by atoms with van der Waals surface area (Å²) < 4.78 is 5.03. The molecule has 2 heteroatoms. The van der Waals surface area contributed by atoms with E-state index in [0.29, 0.717) is 6.61 Å². The maximum absolute atomic E-state index is 11.5. The largest absolute Gasteiger partial charge is 0.466 e. The number of allylic oxidation sites excluding steroid dienone is 3. The van der Waals surface area contributed by atoms with Crippen LogP contribution in [0.3, 0.4) is 0 Å². The van der Waals surface area contributed by atoms with Gasteiger partial charge in [0, 0.05) is 0 Å². The molecule has 0 saturated carbocycles. The van der Waals surface area contributed by atoms with Crippen LogP contribution in [-0.2, 0) is 9.53 Å². The van der Waals surface area contributed by atoms with Crippen molar-refractivity contribution in [3.63, 3.8) is 0 Å². The van der Waals surface area contributed by atoms with Crippen LogP contribution in [0.4, 0.5) is 0 Å². The fraction of sp³-hybridized carbons (Fsp3) is 0.583. The summed E-state index contributed by atoms with van der Waals surface area (Å²) >= 11 is 0. The average Bonchev–Trinajstić information content (AvgIpc) is 2.49. The molecule has 0 aromatic carbocycles. The molecule has 0 aromatic rings. The highest BCUT2D eigenvalue weighted by atomic mass is 16.5. The van der Waals surface area contributed by atoms with E-state index in [-0.39, 0.29) is 11.9 Å². The minimum atomic E-state index is -0.0653. The van der Waals surface area contributed by atoms with Crippen LogP contribution in [0.1, 0.15) is 33.6 Å². The molecule has 14 heavy (non-hydrogen) atoms. The van der Waals surface area contributed by atoms with Crippen molar-refractivity contribution in [1.82, 2.24) is 0 Å². The summed E-state index contributed by atoms with van der Waals surface area (Å²) in [5.74, 6) is -0.0642. The number of ether oxygens (including phenoxy) is 1. The fourth-order valence-corrected chi connectivity index (χ4v) is 1.89. The third-order valence-corrected chi connectivity index (χ3v) is 2.67. The Bertz CT molecular complexity index is 274. The van der Waals surface area contributed by atoms with Crippen LogP contribution in [0, 0.1) is 5.92 Å². The molecule has 1 unspecified atom stereocenters. The van der Waals surface area contributed by atoms with Crippen molar-refractivity contribution in [2.45, 2.75) is 33.6 Å². The first-order valence-corrected chi connectivity index (χ1v) is 5.19. The quantitative estimate of drug-likeness (QED) is 0.646. The zero-order valence-corrected chi connectivity index (χ0v) is 9.17. The Kier molecular flexibility index (Phi) is 3.93. The van der Waals surface area contributed by atoms with Gasteiger partial charge in [0.15, 0.2) is 0 Å². The summed E-state index contributed by atoms with van der Waals surface area (Å²) in [6.45, 7) is 6.35. The molecule has 1 aliphatic carbocycles. The third-order valence-electron chi connectivity index (χ3n) is 2.67. The van der Waals surface area contributed by atoms with Crippen molar-refractivity contribution in [3.8, 4) is 0 Å². The van der Waals surface area contributed by atoms with Gasteiger partial charge in [0.05, 0.1) is 12.5 Å². The van der Waals surface area contributed by atoms with E-state index < -0.39 is 0 Å². The molecule has 0 N–H and O–H groups in total. The Balaban J connectivity index is 2.71. The molecular formula is C12H18O2. The van der Waals surface area contributed by atoms with Crippen LogP contribution in [0.2, 0.25) is 0 Å². The van der Waals surface area contributed by atoms with Crippen LogP contribution in [0.5, 0.6) is 0 Å². The van der Waals surface area contributed by atoms with Crippen molar-refractivity contribution < 1.29 is 9.53 Å². The van der Waals surface area contributed by atoms with Gasteiger partial charge in [-0.05, 0) is 39.2 Å². The molecule has 0 bridgehead atoms. The first kappa shape index (κ1) is 11.0. The molecule has 0 aliphatic heterocycles. The smallest absolute Gasteiger partial charge is 0.313 e. The third kappa shape index (κ3) is 2.25. The highest BCUT2D eigenvalue weighted by Gasteiger charge is 2.28. The second-order valence-corrected chi connectivity index (χ2v) is 3.55. The zero-order chi connectivity index (χ0) is 10.6. The molecule has 0 spiro atoms. The van der Waals surface area contributed by atoms with Gasteiger partial charge in [-0.25, -0.2) is 0 Å². The van der Waals surface area contributed by atoms with Gasteiger partial charge < -0.3 is 4.74 Å². The lowest BCUT2D eigenvalue weighted by Crippen LogP contribution is -2.16. The molecule has 0 saturated heterocycles. The minimum absolute atomic E-state index is 0.00106. The van der Waals surface area contributed by atoms with E-state index in [1.807, 2.05) is 26.8 Å². The second kappa shape index (κ2) is 4.99. The van der Waals surface area contributed by atoms with Crippen LogP contribution >= 0.6 is 0 Å². The highest BCUT2D eigenvalue weighted by Crippen LogP contribution is 2.33. The molecule has 1 aliphatic rings. The molecule has 1 rings (SSSR count). The summed E-state index contributed by atoms with van der Waals surface area (Å²) in [4.78, 5) is 11.5. The van der Waals surface area contributed by atoms with Crippen molar-refractivity contribution >= 4 is 5.97 Å². The summed E-state index contributed by atoms with van der Waals surface area (Å²) in [5.41, 5.74) is 2.48. The van der Waals surface area contributed by atoms with Crippen LogP contribution in [0.25, 0.3) is 0 Å². The standard InChI is InChI=1S/C12H18O2/c1-4-6-10-7-8-11(9(10)3)12(13)14-5-2/h4,6,11H,5,7-8H2,1-3H3/b6-4+. The maximum atomic E-state index is 11.5. The van der Waals surface area contributed by atoms with Crippen molar-refractivity contribution in [3.05, 3.63) is 23.3 Å². The van der Waals surface area contributed by atoms with E-state index >= 15 is 0 Å². The van der Waals surface area contributed by atoms with Crippen LogP contribution in [0.15, 0.2) is 23.3 Å². The topological polar surface area (TPSA) is 26.3 Å². The SMILES string of the molecule is C/C=C/C1=C(C)C(C(=O)OCC)CC1. The first-order chi connectivity index (χ1) is 6.70. The van der Waals surface area contributed by atoms with Gasteiger partial charge in [0.2, 0.25) is 0 Å². The van der Waals surface area contributed by atoms with Crippen LogP contribution in [-0.4, -0.2) is 12.6 Å². The van der Waals surface area contributed by atoms with E-state index in [2.05, 4.69) is 6.08 Å². The Hall–Kier alpha value is -1.05. The number of carbonyl (C=O) groups is 1. The molecule has 0 aromatic heterocycles. The molecule has 1 atom stereocenters. The number of rotatable bonds is 3. The van der Waals surface area contributed by atoms with Gasteiger partial charge in [-0.1, -0.05) is 17.7 Å². The van der Waals surface area contributed by atoms with Crippen molar-refractivity contribution in [2.75, 3.05) is 6.61 Å². The number of esters is 1. The lowest BCUT2D eigenvalue weighted by Gasteiger charge is -2.09. The van der Waals surface area contributed by atoms with Crippen LogP contribution < -0.4 is 0 Å². The average molecular weight is 194 g/mol. The van der Waals surface area contributed by atoms with Crippen molar-refractivity contribution in [1.29, 1.82) is 0 Å². The number of hydrogen-bond acceptors (Lipinski definition) is 2. The normalized spacial score (nSPS) is 22.1. The lowest BCUT2D eigenvalue weighted by atomic mass is 10.0. The molecule has 0 heterocycles. The highest BCUT2D eigenvalue weighted by molar-refractivity contribution is 5.77. The van der Waals surface area contributed by atoms with Gasteiger partial charge in [-0.2, -0.15) is 0 Å².